The molecule has 1 rings (SSSR count). The number of rotatable bonds is 6. The zero-order chi connectivity index (χ0) is 15.2. The molecular weight excluding hydrogens is 281 g/mol. The molecule has 0 aliphatic rings. The largest absolute Gasteiger partial charge is 0.504 e. The third kappa shape index (κ3) is 3.84. The Hall–Kier alpha value is -1.80. The maximum atomic E-state index is 12.5. The number of aromatic hydroxyl groups is 2. The summed E-state index contributed by atoms with van der Waals surface area (Å²) in [5.74, 6) is -0.614. The molecule has 0 aliphatic carbocycles. The molecular formula is C13H16NO5P. The van der Waals surface area contributed by atoms with Crippen LogP contribution in [0.25, 0.3) is 6.08 Å². The fourth-order valence-electron chi connectivity index (χ4n) is 1.48. The number of hydrogen-bond acceptors (Lipinski definition) is 6. The average Bonchev–Trinajstić information content (AvgIpc) is 2.40. The van der Waals surface area contributed by atoms with E-state index in [1.807, 2.05) is 0 Å². The van der Waals surface area contributed by atoms with Gasteiger partial charge in [0.2, 0.25) is 0 Å². The van der Waals surface area contributed by atoms with Crippen molar-refractivity contribution < 1.29 is 23.8 Å². The zero-order valence-corrected chi connectivity index (χ0v) is 12.1. The summed E-state index contributed by atoms with van der Waals surface area (Å²) in [6.45, 7) is 3.56. The van der Waals surface area contributed by atoms with Crippen LogP contribution in [0.4, 0.5) is 0 Å². The minimum Gasteiger partial charge on any atom is -0.504 e. The predicted molar refractivity (Wildman–Crippen MR) is 74.2 cm³/mol. The van der Waals surface area contributed by atoms with Gasteiger partial charge in [-0.15, -0.1) is 0 Å². The molecule has 7 heteroatoms. The quantitative estimate of drug-likeness (QED) is 0.475. The smallest absolute Gasteiger partial charge is 0.371 e. The van der Waals surface area contributed by atoms with Gasteiger partial charge in [-0.2, -0.15) is 5.26 Å². The molecule has 0 saturated heterocycles. The van der Waals surface area contributed by atoms with Crippen molar-refractivity contribution in [1.29, 1.82) is 5.26 Å². The summed E-state index contributed by atoms with van der Waals surface area (Å²) in [5, 5.41) is 27.6. The van der Waals surface area contributed by atoms with Gasteiger partial charge in [-0.3, -0.25) is 4.57 Å². The van der Waals surface area contributed by atoms with E-state index in [2.05, 4.69) is 0 Å². The third-order valence-corrected chi connectivity index (χ3v) is 4.33. The van der Waals surface area contributed by atoms with Crippen LogP contribution in [0.15, 0.2) is 23.5 Å². The first kappa shape index (κ1) is 16.3. The van der Waals surface area contributed by atoms with Crippen molar-refractivity contribution in [2.45, 2.75) is 13.8 Å². The molecule has 0 heterocycles. The maximum Gasteiger partial charge on any atom is 0.371 e. The molecule has 20 heavy (non-hydrogen) atoms. The van der Waals surface area contributed by atoms with Crippen LogP contribution in [0.3, 0.4) is 0 Å². The number of nitriles is 1. The molecule has 1 aromatic rings. The summed E-state index contributed by atoms with van der Waals surface area (Å²) in [6, 6.07) is 5.78. The number of benzene rings is 1. The van der Waals surface area contributed by atoms with E-state index < -0.39 is 7.60 Å². The molecule has 108 valence electrons. The Kier molecular flexibility index (Phi) is 5.78. The van der Waals surface area contributed by atoms with E-state index in [1.54, 1.807) is 19.9 Å². The number of hydrogen-bond donors (Lipinski definition) is 2. The molecule has 0 amide bonds. The van der Waals surface area contributed by atoms with Gasteiger partial charge in [0.25, 0.3) is 0 Å². The first-order chi connectivity index (χ1) is 9.46. The summed E-state index contributed by atoms with van der Waals surface area (Å²) in [4.78, 5) is 0. The molecule has 2 N–H and O–H groups in total. The lowest BCUT2D eigenvalue weighted by molar-refractivity contribution is 0.227. The zero-order valence-electron chi connectivity index (χ0n) is 11.2. The van der Waals surface area contributed by atoms with E-state index in [9.17, 15) is 14.8 Å². The lowest BCUT2D eigenvalue weighted by atomic mass is 10.2. The molecule has 0 unspecified atom stereocenters. The van der Waals surface area contributed by atoms with Crippen LogP contribution in [0.1, 0.15) is 19.4 Å². The van der Waals surface area contributed by atoms with E-state index in [0.717, 1.165) is 0 Å². The lowest BCUT2D eigenvalue weighted by Gasteiger charge is -2.15. The lowest BCUT2D eigenvalue weighted by Crippen LogP contribution is -1.97. The standard InChI is InChI=1S/C13H16NO5P/c1-3-18-20(17,19-4-2)11(9-14)7-10-5-6-12(15)13(16)8-10/h5-8,15-16H,3-4H2,1-2H3/b11-7+. The molecule has 0 saturated carbocycles. The van der Waals surface area contributed by atoms with Gasteiger partial charge in [-0.05, 0) is 37.6 Å². The molecule has 0 spiro atoms. The Bertz CT molecular complexity index is 581. The summed E-state index contributed by atoms with van der Waals surface area (Å²) in [6.07, 6.45) is 1.30. The van der Waals surface area contributed by atoms with Crippen LogP contribution in [0, 0.1) is 11.3 Å². The van der Waals surface area contributed by atoms with Gasteiger partial charge >= 0.3 is 7.60 Å². The van der Waals surface area contributed by atoms with Gasteiger partial charge in [-0.1, -0.05) is 6.07 Å². The van der Waals surface area contributed by atoms with Crippen LogP contribution in [-0.4, -0.2) is 23.4 Å². The van der Waals surface area contributed by atoms with Crippen LogP contribution in [0.2, 0.25) is 0 Å². The van der Waals surface area contributed by atoms with Crippen LogP contribution in [-0.2, 0) is 13.6 Å². The Morgan fingerprint density at radius 3 is 2.35 bits per heavy atom. The number of nitrogens with zero attached hydrogens (tertiary/aromatic N) is 1. The third-order valence-electron chi connectivity index (χ3n) is 2.31. The molecule has 6 nitrogen and oxygen atoms in total. The fourth-order valence-corrected chi connectivity index (χ4v) is 2.94. The Morgan fingerprint density at radius 2 is 1.90 bits per heavy atom. The molecule has 1 aromatic carbocycles. The Balaban J connectivity index is 3.22. The fraction of sp³-hybridized carbons (Fsp3) is 0.308. The van der Waals surface area contributed by atoms with Gasteiger partial charge in [0.05, 0.1) is 13.2 Å². The van der Waals surface area contributed by atoms with Gasteiger partial charge in [0.15, 0.2) is 11.5 Å². The molecule has 0 atom stereocenters. The van der Waals surface area contributed by atoms with Gasteiger partial charge in [-0.25, -0.2) is 0 Å². The summed E-state index contributed by atoms with van der Waals surface area (Å²) < 4.78 is 22.6. The van der Waals surface area contributed by atoms with E-state index in [1.165, 1.54) is 24.3 Å². The van der Waals surface area contributed by atoms with Gasteiger partial charge in [0.1, 0.15) is 11.4 Å². The highest BCUT2D eigenvalue weighted by atomic mass is 31.2. The Labute approximate surface area is 117 Å². The summed E-state index contributed by atoms with van der Waals surface area (Å²) in [7, 11) is -3.67. The van der Waals surface area contributed by atoms with Crippen molar-refractivity contribution in [2.24, 2.45) is 0 Å². The number of phenolic OH excluding ortho intramolecular Hbond substituents is 2. The molecule has 0 bridgehead atoms. The number of allylic oxidation sites excluding steroid dienone is 1. The van der Waals surface area contributed by atoms with Crippen molar-refractivity contribution in [2.75, 3.05) is 13.2 Å². The van der Waals surface area contributed by atoms with E-state index in [4.69, 9.17) is 14.3 Å². The molecule has 0 radical (unpaired) electrons. The summed E-state index contributed by atoms with van der Waals surface area (Å²) >= 11 is 0. The number of phenols is 2. The topological polar surface area (TPSA) is 99.8 Å². The minimum absolute atomic E-state index is 0.136. The molecule has 0 fully saturated rings. The maximum absolute atomic E-state index is 12.5. The first-order valence-corrected chi connectivity index (χ1v) is 7.54. The highest BCUT2D eigenvalue weighted by Crippen LogP contribution is 2.56. The normalized spacial score (nSPS) is 12.2. The van der Waals surface area contributed by atoms with E-state index in [0.29, 0.717) is 5.56 Å². The minimum atomic E-state index is -3.67. The SMILES string of the molecule is CCOP(=O)(OCC)/C(C#N)=C/c1ccc(O)c(O)c1. The average molecular weight is 297 g/mol. The molecule has 0 aromatic heterocycles. The van der Waals surface area contributed by atoms with E-state index in [-0.39, 0.29) is 30.0 Å². The predicted octanol–water partition coefficient (Wildman–Crippen LogP) is 3.23. The highest BCUT2D eigenvalue weighted by Gasteiger charge is 2.29. The second-order valence-corrected chi connectivity index (χ2v) is 5.72. The van der Waals surface area contributed by atoms with Crippen molar-refractivity contribution >= 4 is 13.7 Å². The van der Waals surface area contributed by atoms with Crippen molar-refractivity contribution in [3.05, 3.63) is 29.1 Å². The van der Waals surface area contributed by atoms with E-state index >= 15 is 0 Å². The monoisotopic (exact) mass is 297 g/mol. The van der Waals surface area contributed by atoms with Gasteiger partial charge in [0, 0.05) is 0 Å². The van der Waals surface area contributed by atoms with Crippen molar-refractivity contribution in [3.63, 3.8) is 0 Å². The second kappa shape index (κ2) is 7.11. The first-order valence-electron chi connectivity index (χ1n) is 6.00. The van der Waals surface area contributed by atoms with Gasteiger partial charge < -0.3 is 19.3 Å². The Morgan fingerprint density at radius 1 is 1.30 bits per heavy atom. The summed E-state index contributed by atoms with van der Waals surface area (Å²) in [5.41, 5.74) is 0.400. The van der Waals surface area contributed by atoms with Crippen LogP contribution < -0.4 is 0 Å². The van der Waals surface area contributed by atoms with Crippen molar-refractivity contribution in [3.8, 4) is 17.6 Å². The van der Waals surface area contributed by atoms with Crippen LogP contribution in [0.5, 0.6) is 11.5 Å². The molecule has 0 aliphatic heterocycles. The highest BCUT2D eigenvalue weighted by molar-refractivity contribution is 7.59. The second-order valence-electron chi connectivity index (χ2n) is 3.72. The van der Waals surface area contributed by atoms with Crippen LogP contribution >= 0.6 is 7.60 Å². The van der Waals surface area contributed by atoms with Crippen molar-refractivity contribution in [1.82, 2.24) is 0 Å².